The summed E-state index contributed by atoms with van der Waals surface area (Å²) in [6.07, 6.45) is 1.54. The van der Waals surface area contributed by atoms with Crippen LogP contribution in [0.5, 0.6) is 17.2 Å². The minimum absolute atomic E-state index is 0.0329. The van der Waals surface area contributed by atoms with Gasteiger partial charge in [-0.1, -0.05) is 18.2 Å². The Balaban J connectivity index is 1.33. The van der Waals surface area contributed by atoms with Crippen molar-refractivity contribution in [1.82, 2.24) is 9.78 Å². The SMILES string of the molecule is O=C(COc1ccc(Oc2ccccc2)cc1)Cn1ncc2cc(C(=O)O)ccc21. The number of ketones is 1. The van der Waals surface area contributed by atoms with Gasteiger partial charge in [-0.3, -0.25) is 9.48 Å². The molecule has 4 rings (SSSR count). The van der Waals surface area contributed by atoms with Gasteiger partial charge in [0, 0.05) is 5.39 Å². The van der Waals surface area contributed by atoms with Crippen LogP contribution in [0.4, 0.5) is 0 Å². The predicted molar refractivity (Wildman–Crippen MR) is 110 cm³/mol. The second-order valence-corrected chi connectivity index (χ2v) is 6.59. The van der Waals surface area contributed by atoms with Gasteiger partial charge < -0.3 is 14.6 Å². The van der Waals surface area contributed by atoms with Crippen molar-refractivity contribution in [2.45, 2.75) is 6.54 Å². The van der Waals surface area contributed by atoms with Crippen molar-refractivity contribution in [2.24, 2.45) is 0 Å². The van der Waals surface area contributed by atoms with E-state index in [1.165, 1.54) is 16.8 Å². The average molecular weight is 402 g/mol. The molecule has 0 fully saturated rings. The van der Waals surface area contributed by atoms with E-state index in [4.69, 9.17) is 14.6 Å². The highest BCUT2D eigenvalue weighted by atomic mass is 16.5. The van der Waals surface area contributed by atoms with Gasteiger partial charge in [0.05, 0.1) is 17.3 Å². The normalized spacial score (nSPS) is 10.7. The molecular weight excluding hydrogens is 384 g/mol. The molecule has 30 heavy (non-hydrogen) atoms. The second-order valence-electron chi connectivity index (χ2n) is 6.59. The fourth-order valence-electron chi connectivity index (χ4n) is 2.95. The lowest BCUT2D eigenvalue weighted by Crippen LogP contribution is -2.18. The molecule has 0 bridgehead atoms. The number of rotatable bonds is 8. The van der Waals surface area contributed by atoms with Gasteiger partial charge in [0.25, 0.3) is 0 Å². The Morgan fingerprint density at radius 1 is 0.900 bits per heavy atom. The summed E-state index contributed by atoms with van der Waals surface area (Å²) in [5, 5.41) is 13.9. The van der Waals surface area contributed by atoms with Crippen LogP contribution in [0, 0.1) is 0 Å². The lowest BCUT2D eigenvalue weighted by atomic mass is 10.1. The minimum Gasteiger partial charge on any atom is -0.486 e. The lowest BCUT2D eigenvalue weighted by molar-refractivity contribution is -0.121. The number of hydrogen-bond donors (Lipinski definition) is 1. The van der Waals surface area contributed by atoms with Crippen LogP contribution in [0.2, 0.25) is 0 Å². The first-order valence-corrected chi connectivity index (χ1v) is 9.25. The Hall–Kier alpha value is -4.13. The van der Waals surface area contributed by atoms with Crippen LogP contribution in [-0.4, -0.2) is 33.2 Å². The average Bonchev–Trinajstić information content (AvgIpc) is 3.16. The van der Waals surface area contributed by atoms with Gasteiger partial charge in [0.1, 0.15) is 30.4 Å². The van der Waals surface area contributed by atoms with E-state index in [2.05, 4.69) is 5.10 Å². The summed E-state index contributed by atoms with van der Waals surface area (Å²) < 4.78 is 12.8. The molecule has 4 aromatic rings. The third kappa shape index (κ3) is 4.47. The Morgan fingerprint density at radius 3 is 2.33 bits per heavy atom. The van der Waals surface area contributed by atoms with Gasteiger partial charge in [0.2, 0.25) is 0 Å². The molecule has 7 heteroatoms. The quantitative estimate of drug-likeness (QED) is 0.476. The van der Waals surface area contributed by atoms with E-state index in [9.17, 15) is 9.59 Å². The van der Waals surface area contributed by atoms with Gasteiger partial charge in [-0.15, -0.1) is 0 Å². The molecule has 0 spiro atoms. The number of nitrogens with zero attached hydrogens (tertiary/aromatic N) is 2. The van der Waals surface area contributed by atoms with Crippen molar-refractivity contribution >= 4 is 22.7 Å². The lowest BCUT2D eigenvalue weighted by Gasteiger charge is -2.08. The molecule has 0 aliphatic heterocycles. The van der Waals surface area contributed by atoms with E-state index in [1.807, 2.05) is 30.3 Å². The van der Waals surface area contributed by atoms with Crippen molar-refractivity contribution < 1.29 is 24.2 Å². The molecule has 0 atom stereocenters. The van der Waals surface area contributed by atoms with Crippen molar-refractivity contribution in [1.29, 1.82) is 0 Å². The molecule has 3 aromatic carbocycles. The van der Waals surface area contributed by atoms with E-state index in [-0.39, 0.29) is 24.5 Å². The number of para-hydroxylation sites is 1. The van der Waals surface area contributed by atoms with Crippen molar-refractivity contribution in [3.05, 3.63) is 84.6 Å². The molecule has 150 valence electrons. The van der Waals surface area contributed by atoms with Gasteiger partial charge in [-0.25, -0.2) is 4.79 Å². The monoisotopic (exact) mass is 402 g/mol. The van der Waals surface area contributed by atoms with E-state index >= 15 is 0 Å². The number of hydrogen-bond acceptors (Lipinski definition) is 5. The van der Waals surface area contributed by atoms with Crippen molar-refractivity contribution in [2.75, 3.05) is 6.61 Å². The molecule has 0 aliphatic rings. The third-order valence-corrected chi connectivity index (χ3v) is 4.42. The predicted octanol–water partition coefficient (Wildman–Crippen LogP) is 4.17. The molecule has 0 amide bonds. The molecule has 0 saturated carbocycles. The summed E-state index contributed by atoms with van der Waals surface area (Å²) >= 11 is 0. The molecule has 1 N–H and O–H groups in total. The Bertz CT molecular complexity index is 1180. The molecule has 1 heterocycles. The summed E-state index contributed by atoms with van der Waals surface area (Å²) in [6.45, 7) is -0.0709. The first-order chi connectivity index (χ1) is 14.6. The van der Waals surface area contributed by atoms with Crippen molar-refractivity contribution in [3.8, 4) is 17.2 Å². The summed E-state index contributed by atoms with van der Waals surface area (Å²) in [7, 11) is 0. The number of aromatic nitrogens is 2. The summed E-state index contributed by atoms with van der Waals surface area (Å²) in [5.41, 5.74) is 0.868. The van der Waals surface area contributed by atoms with Gasteiger partial charge >= 0.3 is 5.97 Å². The topological polar surface area (TPSA) is 90.7 Å². The number of ether oxygens (including phenoxy) is 2. The highest BCUT2D eigenvalue weighted by molar-refractivity contribution is 5.93. The maximum Gasteiger partial charge on any atom is 0.335 e. The van der Waals surface area contributed by atoms with E-state index in [1.54, 1.807) is 36.5 Å². The Morgan fingerprint density at radius 2 is 1.60 bits per heavy atom. The molecule has 0 aliphatic carbocycles. The van der Waals surface area contributed by atoms with Crippen LogP contribution < -0.4 is 9.47 Å². The van der Waals surface area contributed by atoms with Gasteiger partial charge in [-0.2, -0.15) is 5.10 Å². The van der Waals surface area contributed by atoms with Crippen LogP contribution in [0.1, 0.15) is 10.4 Å². The number of aromatic carboxylic acids is 1. The number of carbonyl (C=O) groups excluding carboxylic acids is 1. The molecule has 0 saturated heterocycles. The number of Topliss-reactive ketones (excluding diaryl/α,β-unsaturated/α-hetero) is 1. The van der Waals surface area contributed by atoms with Crippen LogP contribution in [0.25, 0.3) is 10.9 Å². The van der Waals surface area contributed by atoms with Gasteiger partial charge in [0.15, 0.2) is 5.78 Å². The number of carboxylic acids is 1. The first kappa shape index (κ1) is 19.2. The summed E-state index contributed by atoms with van der Waals surface area (Å²) in [6, 6.07) is 21.1. The highest BCUT2D eigenvalue weighted by Gasteiger charge is 2.11. The minimum atomic E-state index is -1.01. The van der Waals surface area contributed by atoms with Gasteiger partial charge in [-0.05, 0) is 54.6 Å². The molecule has 1 aromatic heterocycles. The highest BCUT2D eigenvalue weighted by Crippen LogP contribution is 2.23. The number of carbonyl (C=O) groups is 2. The molecule has 0 radical (unpaired) electrons. The number of benzene rings is 3. The summed E-state index contributed by atoms with van der Waals surface area (Å²) in [5.74, 6) is 0.799. The zero-order valence-electron chi connectivity index (χ0n) is 15.9. The standard InChI is InChI=1S/C23H18N2O5/c26-18(14-25-22-11-6-16(23(27)28)12-17(22)13-24-25)15-29-19-7-9-21(10-8-19)30-20-4-2-1-3-5-20/h1-13H,14-15H2,(H,27,28). The maximum atomic E-state index is 12.3. The molecule has 7 nitrogen and oxygen atoms in total. The fraction of sp³-hybridized carbons (Fsp3) is 0.0870. The van der Waals surface area contributed by atoms with E-state index < -0.39 is 5.97 Å². The van der Waals surface area contributed by atoms with E-state index in [0.29, 0.717) is 22.4 Å². The van der Waals surface area contributed by atoms with Crippen LogP contribution in [0.3, 0.4) is 0 Å². The Kier molecular flexibility index (Phi) is 5.43. The van der Waals surface area contributed by atoms with Crippen LogP contribution in [0.15, 0.2) is 79.0 Å². The molecule has 0 unspecified atom stereocenters. The smallest absolute Gasteiger partial charge is 0.335 e. The van der Waals surface area contributed by atoms with E-state index in [0.717, 1.165) is 5.75 Å². The fourth-order valence-corrected chi connectivity index (χ4v) is 2.95. The second kappa shape index (κ2) is 8.48. The Labute approximate surface area is 172 Å². The molecular formula is C23H18N2O5. The zero-order chi connectivity index (χ0) is 20.9. The number of carboxylic acid groups (broad SMARTS) is 1. The zero-order valence-corrected chi connectivity index (χ0v) is 15.9. The largest absolute Gasteiger partial charge is 0.486 e. The third-order valence-electron chi connectivity index (χ3n) is 4.42. The van der Waals surface area contributed by atoms with Crippen LogP contribution >= 0.6 is 0 Å². The van der Waals surface area contributed by atoms with Crippen LogP contribution in [-0.2, 0) is 11.3 Å². The number of fused-ring (bicyclic) bond motifs is 1. The summed E-state index contributed by atoms with van der Waals surface area (Å²) in [4.78, 5) is 23.4. The first-order valence-electron chi connectivity index (χ1n) is 9.25. The maximum absolute atomic E-state index is 12.3. The van der Waals surface area contributed by atoms with Crippen molar-refractivity contribution in [3.63, 3.8) is 0 Å².